The van der Waals surface area contributed by atoms with Crippen LogP contribution in [0.5, 0.6) is 0 Å². The third-order valence-electron chi connectivity index (χ3n) is 4.59. The van der Waals surface area contributed by atoms with Gasteiger partial charge in [-0.25, -0.2) is 0 Å². The lowest BCUT2D eigenvalue weighted by atomic mass is 9.96. The number of aliphatic hydroxyl groups is 1. The normalized spacial score (nSPS) is 18.5. The van der Waals surface area contributed by atoms with E-state index in [0.717, 1.165) is 19.4 Å². The van der Waals surface area contributed by atoms with Crippen LogP contribution in [0.3, 0.4) is 0 Å². The van der Waals surface area contributed by atoms with Gasteiger partial charge in [-0.2, -0.15) is 0 Å². The number of hydrogen-bond acceptors (Lipinski definition) is 2. The molecule has 21 heavy (non-hydrogen) atoms. The van der Waals surface area contributed by atoms with E-state index in [4.69, 9.17) is 4.43 Å². The lowest BCUT2D eigenvalue weighted by molar-refractivity contribution is 0.114. The largest absolute Gasteiger partial charge is 0.417 e. The summed E-state index contributed by atoms with van der Waals surface area (Å²) in [6, 6.07) is 0. The number of allylic oxidation sites excluding steroid dienone is 1. The van der Waals surface area contributed by atoms with Crippen molar-refractivity contribution in [3.05, 3.63) is 9.66 Å². The second-order valence-corrected chi connectivity index (χ2v) is 14.4. The molecule has 0 aliphatic carbocycles. The van der Waals surface area contributed by atoms with E-state index in [-0.39, 0.29) is 17.1 Å². The molecule has 0 bridgehead atoms. The molecule has 4 heteroatoms. The zero-order chi connectivity index (χ0) is 16.8. The summed E-state index contributed by atoms with van der Waals surface area (Å²) in [5.41, 5.74) is 0. The van der Waals surface area contributed by atoms with E-state index < -0.39 is 8.32 Å². The molecular formula is C17H35IO2Si. The van der Waals surface area contributed by atoms with Crippen LogP contribution in [0.4, 0.5) is 0 Å². The van der Waals surface area contributed by atoms with E-state index in [2.05, 4.69) is 83.3 Å². The van der Waals surface area contributed by atoms with Crippen LogP contribution in [0.2, 0.25) is 18.1 Å². The molecule has 1 N–H and O–H groups in total. The van der Waals surface area contributed by atoms with Crippen molar-refractivity contribution in [2.24, 2.45) is 11.8 Å². The molecule has 0 heterocycles. The molecule has 0 fully saturated rings. The summed E-state index contributed by atoms with van der Waals surface area (Å²) < 4.78 is 7.50. The van der Waals surface area contributed by atoms with Gasteiger partial charge in [0.05, 0.1) is 6.10 Å². The molecule has 0 rings (SSSR count). The van der Waals surface area contributed by atoms with Crippen molar-refractivity contribution in [2.75, 3.05) is 6.61 Å². The average Bonchev–Trinajstić information content (AvgIpc) is 2.31. The molecule has 0 saturated carbocycles. The first-order chi connectivity index (χ1) is 9.36. The Bertz CT molecular complexity index is 330. The smallest absolute Gasteiger partial charge is 0.191 e. The van der Waals surface area contributed by atoms with Gasteiger partial charge in [0.15, 0.2) is 8.32 Å². The third-order valence-corrected chi connectivity index (χ3v) is 9.45. The van der Waals surface area contributed by atoms with Crippen molar-refractivity contribution in [3.63, 3.8) is 0 Å². The maximum absolute atomic E-state index is 10.2. The summed E-state index contributed by atoms with van der Waals surface area (Å²) in [6.07, 6.45) is 3.77. The molecule has 0 aromatic heterocycles. The fourth-order valence-corrected chi connectivity index (χ4v) is 3.54. The molecule has 126 valence electrons. The highest BCUT2D eigenvalue weighted by molar-refractivity contribution is 14.1. The molecule has 0 aliphatic heterocycles. The van der Waals surface area contributed by atoms with E-state index in [1.54, 1.807) is 0 Å². The minimum absolute atomic E-state index is 0.232. The van der Waals surface area contributed by atoms with E-state index >= 15 is 0 Å². The van der Waals surface area contributed by atoms with Crippen LogP contribution in [0, 0.1) is 11.8 Å². The topological polar surface area (TPSA) is 29.5 Å². The van der Waals surface area contributed by atoms with E-state index in [1.807, 2.05) is 0 Å². The van der Waals surface area contributed by atoms with Crippen LogP contribution >= 0.6 is 22.6 Å². The van der Waals surface area contributed by atoms with Gasteiger partial charge >= 0.3 is 0 Å². The predicted octanol–water partition coefficient (Wildman–Crippen LogP) is 5.76. The third kappa shape index (κ3) is 8.72. The first kappa shape index (κ1) is 21.6. The highest BCUT2D eigenvalue weighted by Gasteiger charge is 2.37. The zero-order valence-corrected chi connectivity index (χ0v) is 18.3. The van der Waals surface area contributed by atoms with E-state index in [1.165, 1.54) is 3.58 Å². The molecule has 0 unspecified atom stereocenters. The molecule has 3 atom stereocenters. The first-order valence-electron chi connectivity index (χ1n) is 8.02. The summed E-state index contributed by atoms with van der Waals surface area (Å²) in [7, 11) is -1.64. The Kier molecular flexibility index (Phi) is 9.30. The zero-order valence-electron chi connectivity index (χ0n) is 15.2. The molecule has 0 aliphatic rings. The van der Waals surface area contributed by atoms with Crippen molar-refractivity contribution >= 4 is 30.9 Å². The van der Waals surface area contributed by atoms with Crippen LogP contribution in [0.15, 0.2) is 9.66 Å². The van der Waals surface area contributed by atoms with Gasteiger partial charge in [0.2, 0.25) is 0 Å². The van der Waals surface area contributed by atoms with Gasteiger partial charge in [-0.3, -0.25) is 0 Å². The Hall–Kier alpha value is 0.607. The monoisotopic (exact) mass is 426 g/mol. The van der Waals surface area contributed by atoms with Gasteiger partial charge < -0.3 is 9.53 Å². The fourth-order valence-electron chi connectivity index (χ4n) is 1.84. The number of aliphatic hydroxyl groups excluding tert-OH is 1. The first-order valence-corrected chi connectivity index (χ1v) is 12.0. The molecule has 0 spiro atoms. The Morgan fingerprint density at radius 1 is 1.24 bits per heavy atom. The van der Waals surface area contributed by atoms with Crippen molar-refractivity contribution < 1.29 is 9.53 Å². The van der Waals surface area contributed by atoms with Crippen LogP contribution in [-0.4, -0.2) is 26.1 Å². The van der Waals surface area contributed by atoms with Crippen LogP contribution in [0.1, 0.15) is 54.4 Å². The van der Waals surface area contributed by atoms with Gasteiger partial charge in [-0.1, -0.05) is 40.7 Å². The van der Waals surface area contributed by atoms with Crippen molar-refractivity contribution in [1.82, 2.24) is 0 Å². The number of halogens is 1. The van der Waals surface area contributed by atoms with Crippen molar-refractivity contribution in [2.45, 2.75) is 78.6 Å². The van der Waals surface area contributed by atoms with Gasteiger partial charge in [-0.15, -0.1) is 0 Å². The van der Waals surface area contributed by atoms with Crippen LogP contribution in [-0.2, 0) is 4.43 Å². The molecule has 0 saturated heterocycles. The van der Waals surface area contributed by atoms with E-state index in [0.29, 0.717) is 5.92 Å². The van der Waals surface area contributed by atoms with Crippen molar-refractivity contribution in [1.29, 1.82) is 0 Å². The van der Waals surface area contributed by atoms with Gasteiger partial charge in [0.25, 0.3) is 0 Å². The molecule has 0 aromatic rings. The minimum Gasteiger partial charge on any atom is -0.417 e. The van der Waals surface area contributed by atoms with Gasteiger partial charge in [0.1, 0.15) is 0 Å². The maximum Gasteiger partial charge on any atom is 0.191 e. The standard InChI is InChI=1S/C17H35IO2Si/c1-13(12-20-21(7,8)17(4,5)6)9-10-16(19)14(2)11-15(3)18/h11,13-14,16,19H,9-10,12H2,1-8H3/b15-11+/t13-,14+,16-/m1/s1. The van der Waals surface area contributed by atoms with E-state index in [9.17, 15) is 5.11 Å². The SMILES string of the molecule is C/C(I)=C\[C@H](C)[C@H](O)CC[C@@H](C)CO[Si](C)(C)C(C)(C)C. The second-order valence-electron chi connectivity index (χ2n) is 7.93. The van der Waals surface area contributed by atoms with Crippen LogP contribution < -0.4 is 0 Å². The summed E-state index contributed by atoms with van der Waals surface area (Å²) in [6.45, 7) is 18.6. The fraction of sp³-hybridized carbons (Fsp3) is 0.882. The summed E-state index contributed by atoms with van der Waals surface area (Å²) in [5.74, 6) is 0.737. The quantitative estimate of drug-likeness (QED) is 0.395. The lowest BCUT2D eigenvalue weighted by Gasteiger charge is -2.37. The van der Waals surface area contributed by atoms with Crippen molar-refractivity contribution in [3.8, 4) is 0 Å². The van der Waals surface area contributed by atoms with Crippen LogP contribution in [0.25, 0.3) is 0 Å². The molecular weight excluding hydrogens is 391 g/mol. The highest BCUT2D eigenvalue weighted by atomic mass is 127. The summed E-state index contributed by atoms with van der Waals surface area (Å²) in [4.78, 5) is 0. The van der Waals surface area contributed by atoms with Gasteiger partial charge in [0, 0.05) is 12.5 Å². The Labute approximate surface area is 147 Å². The number of hydrogen-bond donors (Lipinski definition) is 1. The predicted molar refractivity (Wildman–Crippen MR) is 104 cm³/mol. The number of rotatable bonds is 8. The molecule has 2 nitrogen and oxygen atoms in total. The Morgan fingerprint density at radius 2 is 1.76 bits per heavy atom. The summed E-state index contributed by atoms with van der Waals surface area (Å²) in [5, 5.41) is 10.5. The average molecular weight is 426 g/mol. The summed E-state index contributed by atoms with van der Waals surface area (Å²) >= 11 is 2.30. The lowest BCUT2D eigenvalue weighted by Crippen LogP contribution is -2.41. The second kappa shape index (κ2) is 9.04. The molecule has 0 radical (unpaired) electrons. The Morgan fingerprint density at radius 3 is 2.19 bits per heavy atom. The highest BCUT2D eigenvalue weighted by Crippen LogP contribution is 2.36. The molecule has 0 amide bonds. The van der Waals surface area contributed by atoms with Gasteiger partial charge in [-0.05, 0) is 70.0 Å². The molecule has 0 aromatic carbocycles. The minimum atomic E-state index is -1.64. The Balaban J connectivity index is 4.17. The maximum atomic E-state index is 10.2.